The number of hydrogen-bond donors (Lipinski definition) is 0. The number of carbonyl (C=O) groups excluding carboxylic acids is 2. The van der Waals surface area contributed by atoms with Crippen LogP contribution in [0.1, 0.15) is 73.5 Å². The van der Waals surface area contributed by atoms with Crippen LogP contribution in [0, 0.1) is 32.6 Å². The fourth-order valence-electron chi connectivity index (χ4n) is 3.15. The molecular weight excluding hydrogens is 300 g/mol. The summed E-state index contributed by atoms with van der Waals surface area (Å²) < 4.78 is 5.39. The van der Waals surface area contributed by atoms with Crippen LogP contribution < -0.4 is 0 Å². The topological polar surface area (TPSA) is 43.4 Å². The van der Waals surface area contributed by atoms with Crippen LogP contribution in [-0.2, 0) is 9.53 Å². The average Bonchev–Trinajstić information content (AvgIpc) is 2.47. The van der Waals surface area contributed by atoms with Gasteiger partial charge in [0.15, 0.2) is 5.78 Å². The van der Waals surface area contributed by atoms with Crippen LogP contribution in [0.2, 0.25) is 0 Å². The van der Waals surface area contributed by atoms with Gasteiger partial charge in [-0.05, 0) is 50.7 Å². The highest BCUT2D eigenvalue weighted by Gasteiger charge is 2.31. The van der Waals surface area contributed by atoms with Gasteiger partial charge in [0.25, 0.3) is 0 Å². The van der Waals surface area contributed by atoms with Gasteiger partial charge < -0.3 is 4.74 Å². The zero-order valence-electron chi connectivity index (χ0n) is 16.1. The minimum Gasteiger partial charge on any atom is -0.465 e. The molecule has 1 aromatic carbocycles. The molecule has 0 saturated carbocycles. The van der Waals surface area contributed by atoms with Crippen LogP contribution in [0.3, 0.4) is 0 Å². The van der Waals surface area contributed by atoms with Crippen LogP contribution in [-0.4, -0.2) is 18.4 Å². The highest BCUT2D eigenvalue weighted by atomic mass is 16.5. The van der Waals surface area contributed by atoms with E-state index in [2.05, 4.69) is 6.92 Å². The van der Waals surface area contributed by atoms with Crippen molar-refractivity contribution in [3.63, 3.8) is 0 Å². The molecule has 3 heteroatoms. The summed E-state index contributed by atoms with van der Waals surface area (Å²) >= 11 is 0. The summed E-state index contributed by atoms with van der Waals surface area (Å²) in [6, 6.07) is 4.00. The molecule has 0 spiro atoms. The van der Waals surface area contributed by atoms with E-state index in [1.54, 1.807) is 0 Å². The maximum absolute atomic E-state index is 13.1. The SMILES string of the molecule is CCCCCOC(=O)C(CC(C)C)C(=O)c1c(C)cc(C)cc1C. The Balaban J connectivity index is 2.99. The summed E-state index contributed by atoms with van der Waals surface area (Å²) in [6.07, 6.45) is 3.49. The van der Waals surface area contributed by atoms with Crippen molar-refractivity contribution in [1.82, 2.24) is 0 Å². The fourth-order valence-corrected chi connectivity index (χ4v) is 3.15. The van der Waals surface area contributed by atoms with Crippen LogP contribution in [0.4, 0.5) is 0 Å². The first-order valence-corrected chi connectivity index (χ1v) is 9.06. The molecule has 0 heterocycles. The number of esters is 1. The second kappa shape index (κ2) is 9.61. The number of hydrogen-bond acceptors (Lipinski definition) is 3. The standard InChI is InChI=1S/C21H32O3/c1-7-8-9-10-24-21(23)18(11-14(2)3)20(22)19-16(5)12-15(4)13-17(19)6/h12-14,18H,7-11H2,1-6H3. The van der Waals surface area contributed by atoms with Gasteiger partial charge in [-0.15, -0.1) is 0 Å². The molecule has 134 valence electrons. The number of ketones is 1. The molecule has 0 aliphatic rings. The van der Waals surface area contributed by atoms with E-state index in [0.29, 0.717) is 18.6 Å². The summed E-state index contributed by atoms with van der Waals surface area (Å²) in [5.41, 5.74) is 3.68. The lowest BCUT2D eigenvalue weighted by Crippen LogP contribution is -2.29. The lowest BCUT2D eigenvalue weighted by Gasteiger charge is -2.19. The summed E-state index contributed by atoms with van der Waals surface area (Å²) in [5.74, 6) is -0.914. The highest BCUT2D eigenvalue weighted by Crippen LogP contribution is 2.24. The first-order chi connectivity index (χ1) is 11.3. The van der Waals surface area contributed by atoms with Crippen molar-refractivity contribution in [2.45, 2.75) is 67.2 Å². The Hall–Kier alpha value is -1.64. The fraction of sp³-hybridized carbons (Fsp3) is 0.619. The molecule has 1 rings (SSSR count). The minimum atomic E-state index is -0.702. The van der Waals surface area contributed by atoms with E-state index < -0.39 is 5.92 Å². The summed E-state index contributed by atoms with van der Waals surface area (Å²) in [7, 11) is 0. The van der Waals surface area contributed by atoms with Crippen molar-refractivity contribution in [1.29, 1.82) is 0 Å². The lowest BCUT2D eigenvalue weighted by atomic mass is 9.85. The van der Waals surface area contributed by atoms with Gasteiger partial charge in [-0.25, -0.2) is 0 Å². The van der Waals surface area contributed by atoms with Crippen LogP contribution in [0.25, 0.3) is 0 Å². The van der Waals surface area contributed by atoms with Gasteiger partial charge in [0.1, 0.15) is 5.92 Å². The monoisotopic (exact) mass is 332 g/mol. The van der Waals surface area contributed by atoms with E-state index in [9.17, 15) is 9.59 Å². The molecule has 0 fully saturated rings. The zero-order valence-corrected chi connectivity index (χ0v) is 16.1. The summed E-state index contributed by atoms with van der Waals surface area (Å²) in [6.45, 7) is 12.5. The average molecular weight is 332 g/mol. The van der Waals surface area contributed by atoms with E-state index in [0.717, 1.165) is 36.0 Å². The van der Waals surface area contributed by atoms with Crippen molar-refractivity contribution in [2.75, 3.05) is 6.61 Å². The van der Waals surface area contributed by atoms with Crippen molar-refractivity contribution >= 4 is 11.8 Å². The Morgan fingerprint density at radius 3 is 2.12 bits per heavy atom. The summed E-state index contributed by atoms with van der Waals surface area (Å²) in [4.78, 5) is 25.6. The first kappa shape index (κ1) is 20.4. The van der Waals surface area contributed by atoms with Gasteiger partial charge in [0, 0.05) is 5.56 Å². The van der Waals surface area contributed by atoms with Crippen LogP contribution >= 0.6 is 0 Å². The maximum Gasteiger partial charge on any atom is 0.316 e. The number of benzene rings is 1. The van der Waals surface area contributed by atoms with Crippen molar-refractivity contribution < 1.29 is 14.3 Å². The molecule has 0 amide bonds. The Morgan fingerprint density at radius 2 is 1.62 bits per heavy atom. The molecule has 0 bridgehead atoms. The van der Waals surface area contributed by atoms with E-state index >= 15 is 0 Å². The Labute approximate surface area is 146 Å². The maximum atomic E-state index is 13.1. The molecule has 24 heavy (non-hydrogen) atoms. The molecule has 0 saturated heterocycles. The number of rotatable bonds is 9. The van der Waals surface area contributed by atoms with Crippen molar-refractivity contribution in [3.8, 4) is 0 Å². The molecule has 1 aromatic rings. The van der Waals surface area contributed by atoms with E-state index in [4.69, 9.17) is 4.74 Å². The minimum absolute atomic E-state index is 0.0980. The number of carbonyl (C=O) groups is 2. The molecule has 3 nitrogen and oxygen atoms in total. The predicted octanol–water partition coefficient (Wildman–Crippen LogP) is 5.19. The third-order valence-corrected chi connectivity index (χ3v) is 4.22. The third-order valence-electron chi connectivity index (χ3n) is 4.22. The predicted molar refractivity (Wildman–Crippen MR) is 98.4 cm³/mol. The van der Waals surface area contributed by atoms with E-state index in [1.165, 1.54) is 0 Å². The van der Waals surface area contributed by atoms with Gasteiger partial charge in [0.05, 0.1) is 6.61 Å². The largest absolute Gasteiger partial charge is 0.465 e. The molecule has 0 aliphatic carbocycles. The van der Waals surface area contributed by atoms with E-state index in [-0.39, 0.29) is 17.7 Å². The second-order valence-electron chi connectivity index (χ2n) is 7.19. The molecule has 0 aromatic heterocycles. The Morgan fingerprint density at radius 1 is 1.04 bits per heavy atom. The van der Waals surface area contributed by atoms with Crippen LogP contribution in [0.15, 0.2) is 12.1 Å². The number of ether oxygens (including phenoxy) is 1. The third kappa shape index (κ3) is 5.77. The van der Waals surface area contributed by atoms with Crippen molar-refractivity contribution in [3.05, 3.63) is 34.4 Å². The normalized spacial score (nSPS) is 12.3. The molecule has 0 aliphatic heterocycles. The van der Waals surface area contributed by atoms with Gasteiger partial charge >= 0.3 is 5.97 Å². The first-order valence-electron chi connectivity index (χ1n) is 9.06. The van der Waals surface area contributed by atoms with Gasteiger partial charge in [-0.1, -0.05) is 51.3 Å². The lowest BCUT2D eigenvalue weighted by molar-refractivity contribution is -0.147. The molecule has 0 radical (unpaired) electrons. The Kier molecular flexibility index (Phi) is 8.17. The number of Topliss-reactive ketones (excluding diaryl/α,β-unsaturated/α-hetero) is 1. The summed E-state index contributed by atoms with van der Waals surface area (Å²) in [5, 5.41) is 0. The van der Waals surface area contributed by atoms with Crippen LogP contribution in [0.5, 0.6) is 0 Å². The van der Waals surface area contributed by atoms with Crippen molar-refractivity contribution in [2.24, 2.45) is 11.8 Å². The van der Waals surface area contributed by atoms with Gasteiger partial charge in [-0.3, -0.25) is 9.59 Å². The smallest absolute Gasteiger partial charge is 0.316 e. The molecule has 0 N–H and O–H groups in total. The number of aryl methyl sites for hydroxylation is 3. The Bertz CT molecular complexity index is 549. The zero-order chi connectivity index (χ0) is 18.3. The quantitative estimate of drug-likeness (QED) is 0.270. The molecular formula is C21H32O3. The highest BCUT2D eigenvalue weighted by molar-refractivity contribution is 6.10. The van der Waals surface area contributed by atoms with Gasteiger partial charge in [-0.2, -0.15) is 0 Å². The molecule has 1 unspecified atom stereocenters. The van der Waals surface area contributed by atoms with E-state index in [1.807, 2.05) is 46.8 Å². The number of unbranched alkanes of at least 4 members (excludes halogenated alkanes) is 2. The second-order valence-corrected chi connectivity index (χ2v) is 7.19. The molecule has 1 atom stereocenters. The van der Waals surface area contributed by atoms with Gasteiger partial charge in [0.2, 0.25) is 0 Å².